The molecule has 2 aromatic carbocycles. The van der Waals surface area contributed by atoms with Gasteiger partial charge in [0.2, 0.25) is 0 Å². The molecule has 1 atom stereocenters. The Morgan fingerprint density at radius 1 is 0.818 bits per heavy atom. The van der Waals surface area contributed by atoms with Gasteiger partial charge in [0.1, 0.15) is 0 Å². The van der Waals surface area contributed by atoms with E-state index in [-0.39, 0.29) is 0 Å². The first-order valence-electron chi connectivity index (χ1n) is 8.03. The highest BCUT2D eigenvalue weighted by molar-refractivity contribution is 5.59. The molecule has 0 aliphatic heterocycles. The lowest BCUT2D eigenvalue weighted by atomic mass is 10.0. The van der Waals surface area contributed by atoms with E-state index in [0.717, 1.165) is 6.54 Å². The molecule has 2 aromatic rings. The number of hydrogen-bond donors (Lipinski definition) is 2. The molecule has 0 aliphatic carbocycles. The predicted octanol–water partition coefficient (Wildman–Crippen LogP) is 5.14. The van der Waals surface area contributed by atoms with Crippen molar-refractivity contribution in [3.8, 4) is 0 Å². The molecule has 1 unspecified atom stereocenters. The van der Waals surface area contributed by atoms with E-state index in [0.29, 0.717) is 6.04 Å². The Hall–Kier alpha value is -1.96. The van der Waals surface area contributed by atoms with E-state index >= 15 is 0 Å². The second-order valence-corrected chi connectivity index (χ2v) is 6.47. The van der Waals surface area contributed by atoms with Crippen LogP contribution in [0.25, 0.3) is 0 Å². The first-order chi connectivity index (χ1) is 10.4. The number of para-hydroxylation sites is 1. The topological polar surface area (TPSA) is 24.1 Å². The molecule has 0 bridgehead atoms. The third kappa shape index (κ3) is 3.82. The molecule has 22 heavy (non-hydrogen) atoms. The van der Waals surface area contributed by atoms with E-state index in [2.05, 4.69) is 82.5 Å². The zero-order valence-electron chi connectivity index (χ0n) is 14.7. The Balaban J connectivity index is 2.03. The van der Waals surface area contributed by atoms with Crippen LogP contribution in [0.15, 0.2) is 30.3 Å². The van der Waals surface area contributed by atoms with Gasteiger partial charge in [-0.25, -0.2) is 0 Å². The summed E-state index contributed by atoms with van der Waals surface area (Å²) in [5.41, 5.74) is 9.08. The van der Waals surface area contributed by atoms with Crippen molar-refractivity contribution in [3.05, 3.63) is 58.1 Å². The molecule has 0 aromatic heterocycles. The van der Waals surface area contributed by atoms with Crippen LogP contribution in [0.4, 0.5) is 11.4 Å². The predicted molar refractivity (Wildman–Crippen MR) is 98.1 cm³/mol. The van der Waals surface area contributed by atoms with Gasteiger partial charge >= 0.3 is 0 Å². The third-order valence-corrected chi connectivity index (χ3v) is 4.13. The average molecular weight is 296 g/mol. The number of rotatable bonds is 5. The van der Waals surface area contributed by atoms with Crippen molar-refractivity contribution in [3.63, 3.8) is 0 Å². The van der Waals surface area contributed by atoms with Crippen LogP contribution in [0.5, 0.6) is 0 Å². The molecule has 2 rings (SSSR count). The van der Waals surface area contributed by atoms with Crippen molar-refractivity contribution in [1.82, 2.24) is 0 Å². The Morgan fingerprint density at radius 2 is 1.36 bits per heavy atom. The lowest BCUT2D eigenvalue weighted by Gasteiger charge is -2.21. The van der Waals surface area contributed by atoms with Gasteiger partial charge in [0.25, 0.3) is 0 Å². The van der Waals surface area contributed by atoms with Crippen molar-refractivity contribution in [1.29, 1.82) is 0 Å². The fourth-order valence-corrected chi connectivity index (χ4v) is 3.05. The van der Waals surface area contributed by atoms with E-state index in [1.165, 1.54) is 39.2 Å². The van der Waals surface area contributed by atoms with Gasteiger partial charge in [-0.05, 0) is 63.8 Å². The van der Waals surface area contributed by atoms with Crippen LogP contribution in [0.1, 0.15) is 34.7 Å². The highest BCUT2D eigenvalue weighted by Gasteiger charge is 2.08. The fraction of sp³-hybridized carbons (Fsp3) is 0.400. The van der Waals surface area contributed by atoms with Crippen LogP contribution < -0.4 is 10.6 Å². The quantitative estimate of drug-likeness (QED) is 0.798. The SMILES string of the molecule is Cc1cc(C)c(NCC(C)Nc2c(C)cccc2C)c(C)c1. The first-order valence-corrected chi connectivity index (χ1v) is 8.03. The second-order valence-electron chi connectivity index (χ2n) is 6.47. The van der Waals surface area contributed by atoms with Gasteiger partial charge in [-0.15, -0.1) is 0 Å². The number of hydrogen-bond acceptors (Lipinski definition) is 2. The number of benzene rings is 2. The molecule has 0 spiro atoms. The summed E-state index contributed by atoms with van der Waals surface area (Å²) in [5, 5.41) is 7.24. The van der Waals surface area contributed by atoms with Crippen molar-refractivity contribution >= 4 is 11.4 Å². The standard InChI is InChI=1S/C20H28N2/c1-13-10-16(4)19(17(5)11-13)21-12-18(6)22-20-14(2)8-7-9-15(20)3/h7-11,18,21-22H,12H2,1-6H3. The lowest BCUT2D eigenvalue weighted by Crippen LogP contribution is -2.26. The molecule has 2 N–H and O–H groups in total. The van der Waals surface area contributed by atoms with Gasteiger partial charge in [0.15, 0.2) is 0 Å². The van der Waals surface area contributed by atoms with Crippen molar-refractivity contribution in [2.45, 2.75) is 47.6 Å². The molecule has 2 nitrogen and oxygen atoms in total. The molecular formula is C20H28N2. The maximum atomic E-state index is 3.64. The Morgan fingerprint density at radius 3 is 1.91 bits per heavy atom. The van der Waals surface area contributed by atoms with E-state index in [4.69, 9.17) is 0 Å². The van der Waals surface area contributed by atoms with E-state index in [1.54, 1.807) is 0 Å². The molecule has 0 radical (unpaired) electrons. The van der Waals surface area contributed by atoms with Crippen molar-refractivity contribution in [2.24, 2.45) is 0 Å². The maximum Gasteiger partial charge on any atom is 0.0406 e. The highest BCUT2D eigenvalue weighted by Crippen LogP contribution is 2.23. The lowest BCUT2D eigenvalue weighted by molar-refractivity contribution is 0.831. The van der Waals surface area contributed by atoms with Gasteiger partial charge < -0.3 is 10.6 Å². The Labute approximate surface area is 135 Å². The Bertz CT molecular complexity index is 615. The summed E-state index contributed by atoms with van der Waals surface area (Å²) in [5.74, 6) is 0. The zero-order chi connectivity index (χ0) is 16.3. The van der Waals surface area contributed by atoms with Crippen molar-refractivity contribution < 1.29 is 0 Å². The monoisotopic (exact) mass is 296 g/mol. The van der Waals surface area contributed by atoms with Gasteiger partial charge in [-0.3, -0.25) is 0 Å². The van der Waals surface area contributed by atoms with Crippen molar-refractivity contribution in [2.75, 3.05) is 17.2 Å². The van der Waals surface area contributed by atoms with Gasteiger partial charge in [-0.1, -0.05) is 35.9 Å². The van der Waals surface area contributed by atoms with Crippen LogP contribution in [-0.2, 0) is 0 Å². The minimum Gasteiger partial charge on any atom is -0.383 e. The zero-order valence-corrected chi connectivity index (χ0v) is 14.7. The van der Waals surface area contributed by atoms with Crippen LogP contribution in [0.2, 0.25) is 0 Å². The molecule has 0 saturated carbocycles. The maximum absolute atomic E-state index is 3.64. The summed E-state index contributed by atoms with van der Waals surface area (Å²) >= 11 is 0. The third-order valence-electron chi connectivity index (χ3n) is 4.13. The van der Waals surface area contributed by atoms with Gasteiger partial charge in [0, 0.05) is 24.0 Å². The second kappa shape index (κ2) is 6.87. The summed E-state index contributed by atoms with van der Waals surface area (Å²) in [4.78, 5) is 0. The summed E-state index contributed by atoms with van der Waals surface area (Å²) in [6.07, 6.45) is 0. The molecule has 0 heterocycles. The molecule has 118 valence electrons. The van der Waals surface area contributed by atoms with E-state index in [1.807, 2.05) is 0 Å². The minimum atomic E-state index is 0.361. The summed E-state index contributed by atoms with van der Waals surface area (Å²) in [7, 11) is 0. The number of aryl methyl sites for hydroxylation is 5. The first kappa shape index (κ1) is 16.4. The van der Waals surface area contributed by atoms with Gasteiger partial charge in [-0.2, -0.15) is 0 Å². The summed E-state index contributed by atoms with van der Waals surface area (Å²) in [6, 6.07) is 11.3. The molecule has 0 fully saturated rings. The molecule has 0 aliphatic rings. The number of anilines is 2. The largest absolute Gasteiger partial charge is 0.383 e. The molecule has 2 heteroatoms. The normalized spacial score (nSPS) is 12.1. The number of nitrogens with one attached hydrogen (secondary N) is 2. The molecule has 0 amide bonds. The Kier molecular flexibility index (Phi) is 5.12. The molecule has 0 saturated heterocycles. The highest BCUT2D eigenvalue weighted by atomic mass is 15.0. The molecular weight excluding hydrogens is 268 g/mol. The fourth-order valence-electron chi connectivity index (χ4n) is 3.05. The van der Waals surface area contributed by atoms with Gasteiger partial charge in [0.05, 0.1) is 0 Å². The summed E-state index contributed by atoms with van der Waals surface area (Å²) < 4.78 is 0. The van der Waals surface area contributed by atoms with E-state index in [9.17, 15) is 0 Å². The minimum absolute atomic E-state index is 0.361. The smallest absolute Gasteiger partial charge is 0.0406 e. The van der Waals surface area contributed by atoms with E-state index < -0.39 is 0 Å². The summed E-state index contributed by atoms with van der Waals surface area (Å²) in [6.45, 7) is 13.9. The van der Waals surface area contributed by atoms with Crippen LogP contribution in [0, 0.1) is 34.6 Å². The van der Waals surface area contributed by atoms with Crippen LogP contribution in [0.3, 0.4) is 0 Å². The average Bonchev–Trinajstić information content (AvgIpc) is 2.42. The van der Waals surface area contributed by atoms with Crippen LogP contribution in [-0.4, -0.2) is 12.6 Å². The van der Waals surface area contributed by atoms with Crippen LogP contribution >= 0.6 is 0 Å².